The molecule has 5 heterocycles. The van der Waals surface area contributed by atoms with Crippen molar-refractivity contribution in [3.8, 4) is 33.5 Å². The van der Waals surface area contributed by atoms with Crippen LogP contribution in [0.25, 0.3) is 44.5 Å². The fourth-order valence-electron chi connectivity index (χ4n) is 8.17. The number of benzene rings is 3. The summed E-state index contributed by atoms with van der Waals surface area (Å²) in [4.78, 5) is 43.7. The normalized spacial score (nSPS) is 21.5. The first kappa shape index (κ1) is 33.5. The molecule has 1 aliphatic carbocycles. The molecule has 12 nitrogen and oxygen atoms in total. The van der Waals surface area contributed by atoms with Crippen molar-refractivity contribution in [1.29, 1.82) is 0 Å². The highest BCUT2D eigenvalue weighted by molar-refractivity contribution is 5.87. The number of likely N-dealkylation sites (tertiary alicyclic amines) is 2. The fraction of sp³-hybridized carbons (Fsp3) is 0.385. The second-order valence-corrected chi connectivity index (χ2v) is 15.2. The average molecular weight is 725 g/mol. The third-order valence-electron chi connectivity index (χ3n) is 10.6. The highest BCUT2D eigenvalue weighted by Gasteiger charge is 2.52. The standard InChI is InChI=1S/C39H38F2N6O6/c1-37(2,3)53-36(50)46-12-4-5-31(46)33-42-19-30(45-33)23-7-10-25-24-9-6-21(15-26(24)39(40,41)27(25)16-23)22-8-11-28-29(17-22)44-34(43-28)32-18-38(51-13-14-52-38)20-47(32)35(48)49/h6-11,15-17,19,31-32H,4-5,12-14,18,20H2,1-3H3,(H,42,45)(H,43,44)(H,48,49)/t31-,32?/m0/s1. The molecule has 3 fully saturated rings. The van der Waals surface area contributed by atoms with Gasteiger partial charge in [-0.3, -0.25) is 9.80 Å². The van der Waals surface area contributed by atoms with Gasteiger partial charge in [-0.15, -0.1) is 0 Å². The van der Waals surface area contributed by atoms with Gasteiger partial charge in [-0.2, -0.15) is 8.78 Å². The third kappa shape index (κ3) is 5.62. The first-order valence-electron chi connectivity index (χ1n) is 17.8. The van der Waals surface area contributed by atoms with E-state index >= 15 is 8.78 Å². The molecule has 0 saturated carbocycles. The largest absolute Gasteiger partial charge is 0.465 e. The molecule has 1 unspecified atom stereocenters. The van der Waals surface area contributed by atoms with Crippen LogP contribution in [-0.2, 0) is 20.1 Å². The molecule has 3 N–H and O–H groups in total. The van der Waals surface area contributed by atoms with Gasteiger partial charge in [-0.05, 0) is 80.1 Å². The molecule has 4 aliphatic rings. The third-order valence-corrected chi connectivity index (χ3v) is 10.6. The van der Waals surface area contributed by atoms with E-state index in [-0.39, 0.29) is 23.7 Å². The lowest BCUT2D eigenvalue weighted by atomic mass is 9.98. The number of aromatic nitrogens is 4. The predicted molar refractivity (Wildman–Crippen MR) is 189 cm³/mol. The zero-order chi connectivity index (χ0) is 36.9. The topological polar surface area (TPSA) is 146 Å². The van der Waals surface area contributed by atoms with Gasteiger partial charge in [0.2, 0.25) is 0 Å². The Morgan fingerprint density at radius 3 is 2.30 bits per heavy atom. The second kappa shape index (κ2) is 11.8. The van der Waals surface area contributed by atoms with Gasteiger partial charge in [0.1, 0.15) is 17.2 Å². The molecule has 2 atom stereocenters. The number of rotatable bonds is 4. The van der Waals surface area contributed by atoms with E-state index < -0.39 is 35.5 Å². The van der Waals surface area contributed by atoms with Crippen LogP contribution in [-0.4, -0.2) is 84.7 Å². The van der Waals surface area contributed by atoms with Crippen molar-refractivity contribution in [2.75, 3.05) is 26.3 Å². The van der Waals surface area contributed by atoms with Gasteiger partial charge in [0.25, 0.3) is 5.92 Å². The SMILES string of the molecule is CC(C)(C)OC(=O)N1CCC[C@H]1c1ncc(-c2ccc3c(c2)C(F)(F)c2cc(-c4ccc5nc(C6CC7(CN6C(=O)O)OCCO7)[nH]c5c4)ccc2-3)[nH]1. The maximum Gasteiger partial charge on any atom is 0.410 e. The number of amides is 2. The number of H-pyrrole nitrogens is 2. The van der Waals surface area contributed by atoms with E-state index in [2.05, 4.69) is 19.9 Å². The second-order valence-electron chi connectivity index (χ2n) is 15.2. The summed E-state index contributed by atoms with van der Waals surface area (Å²) in [6.45, 7) is 6.91. The maximum absolute atomic E-state index is 16.3. The summed E-state index contributed by atoms with van der Waals surface area (Å²) < 4.78 is 49.8. The van der Waals surface area contributed by atoms with Gasteiger partial charge in [0, 0.05) is 29.7 Å². The molecule has 3 aliphatic heterocycles. The molecule has 2 amide bonds. The molecular formula is C39H38F2N6O6. The van der Waals surface area contributed by atoms with Crippen molar-refractivity contribution in [3.63, 3.8) is 0 Å². The molecule has 274 valence electrons. The number of carbonyl (C=O) groups excluding carboxylic acids is 1. The van der Waals surface area contributed by atoms with Crippen LogP contribution in [0.3, 0.4) is 0 Å². The number of hydrogen-bond donors (Lipinski definition) is 3. The van der Waals surface area contributed by atoms with Gasteiger partial charge in [0.05, 0.1) is 54.8 Å². The zero-order valence-corrected chi connectivity index (χ0v) is 29.4. The quantitative estimate of drug-likeness (QED) is 0.169. The van der Waals surface area contributed by atoms with Crippen molar-refractivity contribution in [1.82, 2.24) is 29.7 Å². The van der Waals surface area contributed by atoms with E-state index in [4.69, 9.17) is 14.2 Å². The average Bonchev–Trinajstić information content (AvgIpc) is 3.97. The summed E-state index contributed by atoms with van der Waals surface area (Å²) in [6, 6.07) is 14.7. The Morgan fingerprint density at radius 1 is 0.906 bits per heavy atom. The number of aromatic amines is 2. The number of carbonyl (C=O) groups is 2. The molecule has 0 bridgehead atoms. The Balaban J connectivity index is 0.975. The Bertz CT molecular complexity index is 2290. The number of fused-ring (bicyclic) bond motifs is 4. The molecular weight excluding hydrogens is 686 g/mol. The van der Waals surface area contributed by atoms with E-state index in [0.717, 1.165) is 12.8 Å². The number of imidazole rings is 2. The number of ether oxygens (including phenoxy) is 3. The Labute approximate surface area is 303 Å². The zero-order valence-electron chi connectivity index (χ0n) is 29.4. The van der Waals surface area contributed by atoms with Crippen molar-refractivity contribution >= 4 is 23.2 Å². The molecule has 1 spiro atoms. The van der Waals surface area contributed by atoms with Crippen molar-refractivity contribution in [2.45, 2.75) is 69.4 Å². The summed E-state index contributed by atoms with van der Waals surface area (Å²) in [5.41, 5.74) is 3.89. The van der Waals surface area contributed by atoms with E-state index in [9.17, 15) is 14.7 Å². The highest BCUT2D eigenvalue weighted by Crippen LogP contribution is 2.53. The molecule has 9 rings (SSSR count). The molecule has 0 radical (unpaired) electrons. The van der Waals surface area contributed by atoms with E-state index in [1.54, 1.807) is 29.3 Å². The van der Waals surface area contributed by atoms with Crippen LogP contribution in [0.4, 0.5) is 18.4 Å². The number of halogens is 2. The van der Waals surface area contributed by atoms with Crippen LogP contribution >= 0.6 is 0 Å². The fourth-order valence-corrected chi connectivity index (χ4v) is 8.17. The lowest BCUT2D eigenvalue weighted by Gasteiger charge is -2.27. The lowest BCUT2D eigenvalue weighted by Crippen LogP contribution is -2.36. The lowest BCUT2D eigenvalue weighted by molar-refractivity contribution is -0.144. The van der Waals surface area contributed by atoms with Gasteiger partial charge in [-0.25, -0.2) is 19.6 Å². The Hall–Kier alpha value is -5.34. The molecule has 2 aromatic heterocycles. The van der Waals surface area contributed by atoms with E-state index in [0.29, 0.717) is 82.4 Å². The first-order valence-corrected chi connectivity index (χ1v) is 17.8. The summed E-state index contributed by atoms with van der Waals surface area (Å²) in [7, 11) is 0. The number of nitrogens with zero attached hydrogens (tertiary/aromatic N) is 4. The number of carboxylic acid groups (broad SMARTS) is 1. The van der Waals surface area contributed by atoms with Crippen LogP contribution in [0.5, 0.6) is 0 Å². The van der Waals surface area contributed by atoms with Crippen LogP contribution in [0.15, 0.2) is 60.8 Å². The molecule has 3 aromatic carbocycles. The summed E-state index contributed by atoms with van der Waals surface area (Å²) in [6.07, 6.45) is 1.96. The summed E-state index contributed by atoms with van der Waals surface area (Å²) >= 11 is 0. The van der Waals surface area contributed by atoms with Crippen molar-refractivity contribution in [3.05, 3.63) is 83.6 Å². The molecule has 5 aromatic rings. The van der Waals surface area contributed by atoms with Crippen LogP contribution in [0.2, 0.25) is 0 Å². The van der Waals surface area contributed by atoms with Crippen molar-refractivity contribution in [2.24, 2.45) is 0 Å². The molecule has 53 heavy (non-hydrogen) atoms. The smallest absolute Gasteiger partial charge is 0.410 e. The maximum atomic E-state index is 16.3. The number of alkyl halides is 2. The number of nitrogens with one attached hydrogen (secondary N) is 2. The summed E-state index contributed by atoms with van der Waals surface area (Å²) in [5, 5.41) is 9.90. The minimum absolute atomic E-state index is 0.0817. The van der Waals surface area contributed by atoms with Crippen molar-refractivity contribution < 1.29 is 37.7 Å². The summed E-state index contributed by atoms with van der Waals surface area (Å²) in [5.74, 6) is -3.18. The minimum atomic E-state index is -3.26. The van der Waals surface area contributed by atoms with Gasteiger partial charge in [0.15, 0.2) is 5.79 Å². The predicted octanol–water partition coefficient (Wildman–Crippen LogP) is 7.98. The van der Waals surface area contributed by atoms with Crippen LogP contribution in [0, 0.1) is 0 Å². The molecule has 14 heteroatoms. The Kier molecular flexibility index (Phi) is 7.48. The first-order chi connectivity index (χ1) is 25.3. The van der Waals surface area contributed by atoms with Crippen LogP contribution in [0.1, 0.15) is 74.9 Å². The van der Waals surface area contributed by atoms with E-state index in [1.807, 2.05) is 45.0 Å². The minimum Gasteiger partial charge on any atom is -0.465 e. The Morgan fingerprint density at radius 2 is 1.58 bits per heavy atom. The number of hydrogen-bond acceptors (Lipinski definition) is 7. The van der Waals surface area contributed by atoms with E-state index in [1.165, 1.54) is 17.0 Å². The van der Waals surface area contributed by atoms with Crippen LogP contribution < -0.4 is 0 Å². The van der Waals surface area contributed by atoms with Gasteiger partial charge < -0.3 is 29.3 Å². The highest BCUT2D eigenvalue weighted by atomic mass is 19.3. The van der Waals surface area contributed by atoms with Gasteiger partial charge in [-0.1, -0.05) is 30.3 Å². The molecule has 3 saturated heterocycles. The van der Waals surface area contributed by atoms with Gasteiger partial charge >= 0.3 is 12.2 Å². The monoisotopic (exact) mass is 724 g/mol.